The second kappa shape index (κ2) is 3.89. The third kappa shape index (κ3) is 2.23. The van der Waals surface area contributed by atoms with Crippen LogP contribution in [-0.4, -0.2) is 48.0 Å². The topological polar surface area (TPSA) is 41.9 Å². The van der Waals surface area contributed by atoms with Crippen LogP contribution in [0, 0.1) is 0 Å². The first kappa shape index (κ1) is 10.9. The van der Waals surface area contributed by atoms with Gasteiger partial charge >= 0.3 is 0 Å². The van der Waals surface area contributed by atoms with Crippen LogP contribution in [0.15, 0.2) is 24.3 Å². The maximum atomic E-state index is 9.66. The van der Waals surface area contributed by atoms with Crippen molar-refractivity contribution >= 4 is 0 Å². The Balaban J connectivity index is 1.58. The van der Waals surface area contributed by atoms with Gasteiger partial charge in [0.2, 0.25) is 0 Å². The average molecular weight is 235 g/mol. The number of para-hydroxylation sites is 2. The van der Waals surface area contributed by atoms with E-state index in [2.05, 4.69) is 4.90 Å². The van der Waals surface area contributed by atoms with Gasteiger partial charge in [0.25, 0.3) is 0 Å². The number of likely N-dealkylation sites (tertiary alicyclic amines) is 1. The molecule has 1 aromatic carbocycles. The number of ether oxygens (including phenoxy) is 2. The van der Waals surface area contributed by atoms with Crippen LogP contribution in [0.2, 0.25) is 0 Å². The molecule has 17 heavy (non-hydrogen) atoms. The number of β-amino-alcohol motifs (C(OH)–C–C–N with tert-alkyl or cyclic N) is 1. The monoisotopic (exact) mass is 235 g/mol. The Morgan fingerprint density at radius 2 is 2.06 bits per heavy atom. The minimum absolute atomic E-state index is 0.0565. The van der Waals surface area contributed by atoms with Crippen molar-refractivity contribution in [1.29, 1.82) is 0 Å². The van der Waals surface area contributed by atoms with Gasteiger partial charge in [0.1, 0.15) is 12.7 Å². The zero-order valence-corrected chi connectivity index (χ0v) is 9.93. The van der Waals surface area contributed by atoms with E-state index in [1.54, 1.807) is 0 Å². The van der Waals surface area contributed by atoms with Gasteiger partial charge in [-0.2, -0.15) is 0 Å². The van der Waals surface area contributed by atoms with Gasteiger partial charge in [-0.1, -0.05) is 12.1 Å². The first-order valence-electron chi connectivity index (χ1n) is 5.96. The zero-order valence-electron chi connectivity index (χ0n) is 9.93. The smallest absolute Gasteiger partial charge is 0.161 e. The van der Waals surface area contributed by atoms with E-state index >= 15 is 0 Å². The van der Waals surface area contributed by atoms with Gasteiger partial charge in [-0.25, -0.2) is 0 Å². The Morgan fingerprint density at radius 1 is 1.35 bits per heavy atom. The Kier molecular flexibility index (Phi) is 2.49. The number of hydrogen-bond acceptors (Lipinski definition) is 4. The molecule has 0 bridgehead atoms. The van der Waals surface area contributed by atoms with E-state index in [0.717, 1.165) is 18.0 Å². The molecule has 0 amide bonds. The lowest BCUT2D eigenvalue weighted by Gasteiger charge is -2.45. The van der Waals surface area contributed by atoms with Gasteiger partial charge in [-0.3, -0.25) is 4.90 Å². The molecule has 0 saturated carbocycles. The molecule has 0 aliphatic carbocycles. The van der Waals surface area contributed by atoms with E-state index in [1.165, 1.54) is 0 Å². The third-order valence-electron chi connectivity index (χ3n) is 3.16. The fourth-order valence-electron chi connectivity index (χ4n) is 2.49. The molecular formula is C13H17NO3. The van der Waals surface area contributed by atoms with E-state index in [-0.39, 0.29) is 6.10 Å². The maximum absolute atomic E-state index is 9.66. The zero-order chi connectivity index (χ0) is 11.9. The van der Waals surface area contributed by atoms with Crippen molar-refractivity contribution < 1.29 is 14.6 Å². The highest BCUT2D eigenvalue weighted by Crippen LogP contribution is 2.31. The van der Waals surface area contributed by atoms with Crippen molar-refractivity contribution in [2.45, 2.75) is 18.6 Å². The molecule has 1 saturated heterocycles. The first-order valence-corrected chi connectivity index (χ1v) is 5.96. The van der Waals surface area contributed by atoms with E-state index in [1.807, 2.05) is 31.2 Å². The van der Waals surface area contributed by atoms with Crippen LogP contribution >= 0.6 is 0 Å². The molecule has 1 atom stereocenters. The summed E-state index contributed by atoms with van der Waals surface area (Å²) < 4.78 is 11.5. The SMILES string of the molecule is CC1(O)CN(CC2COc3ccccc3O2)C1. The summed E-state index contributed by atoms with van der Waals surface area (Å²) in [6.45, 7) is 4.68. The lowest BCUT2D eigenvalue weighted by Crippen LogP contribution is -2.62. The summed E-state index contributed by atoms with van der Waals surface area (Å²) in [4.78, 5) is 2.18. The summed E-state index contributed by atoms with van der Waals surface area (Å²) in [5.74, 6) is 1.63. The van der Waals surface area contributed by atoms with Crippen molar-refractivity contribution in [1.82, 2.24) is 4.90 Å². The lowest BCUT2D eigenvalue weighted by atomic mass is 9.96. The van der Waals surface area contributed by atoms with E-state index < -0.39 is 5.60 Å². The minimum Gasteiger partial charge on any atom is -0.486 e. The van der Waals surface area contributed by atoms with Crippen LogP contribution in [0.4, 0.5) is 0 Å². The highest BCUT2D eigenvalue weighted by atomic mass is 16.6. The lowest BCUT2D eigenvalue weighted by molar-refractivity contribution is -0.0975. The average Bonchev–Trinajstić information content (AvgIpc) is 2.26. The Hall–Kier alpha value is -1.26. The summed E-state index contributed by atoms with van der Waals surface area (Å²) in [7, 11) is 0. The van der Waals surface area contributed by atoms with Crippen molar-refractivity contribution in [3.8, 4) is 11.5 Å². The molecule has 4 nitrogen and oxygen atoms in total. The summed E-state index contributed by atoms with van der Waals surface area (Å²) >= 11 is 0. The summed E-state index contributed by atoms with van der Waals surface area (Å²) in [5.41, 5.74) is -0.520. The molecular weight excluding hydrogens is 218 g/mol. The molecule has 3 rings (SSSR count). The normalized spacial score (nSPS) is 26.4. The van der Waals surface area contributed by atoms with Crippen molar-refractivity contribution in [2.24, 2.45) is 0 Å². The fourth-order valence-corrected chi connectivity index (χ4v) is 2.49. The highest BCUT2D eigenvalue weighted by Gasteiger charge is 2.38. The predicted molar refractivity (Wildman–Crippen MR) is 63.4 cm³/mol. The number of aliphatic hydroxyl groups is 1. The number of benzene rings is 1. The Morgan fingerprint density at radius 3 is 2.76 bits per heavy atom. The van der Waals surface area contributed by atoms with Gasteiger partial charge in [-0.15, -0.1) is 0 Å². The molecule has 2 aliphatic heterocycles. The third-order valence-corrected chi connectivity index (χ3v) is 3.16. The maximum Gasteiger partial charge on any atom is 0.161 e. The van der Waals surface area contributed by atoms with Gasteiger partial charge in [-0.05, 0) is 19.1 Å². The second-order valence-electron chi connectivity index (χ2n) is 5.16. The Labute approximate surface area is 101 Å². The first-order chi connectivity index (χ1) is 8.12. The molecule has 92 valence electrons. The van der Waals surface area contributed by atoms with Crippen molar-refractivity contribution in [3.63, 3.8) is 0 Å². The quantitative estimate of drug-likeness (QED) is 0.826. The molecule has 1 aromatic rings. The number of fused-ring (bicyclic) bond motifs is 1. The molecule has 2 aliphatic rings. The molecule has 1 unspecified atom stereocenters. The van der Waals surface area contributed by atoms with E-state index in [4.69, 9.17) is 9.47 Å². The van der Waals surface area contributed by atoms with Crippen molar-refractivity contribution in [2.75, 3.05) is 26.2 Å². The minimum atomic E-state index is -0.520. The summed E-state index contributed by atoms with van der Waals surface area (Å²) in [6.07, 6.45) is 0.0565. The van der Waals surface area contributed by atoms with Gasteiger partial charge in [0.05, 0.1) is 5.60 Å². The standard InChI is InChI=1S/C13H17NO3/c1-13(15)8-14(9-13)6-10-7-16-11-4-2-3-5-12(11)17-10/h2-5,10,15H,6-9H2,1H3. The van der Waals surface area contributed by atoms with Crippen LogP contribution in [-0.2, 0) is 0 Å². The number of rotatable bonds is 2. The molecule has 4 heteroatoms. The molecule has 0 radical (unpaired) electrons. The summed E-state index contributed by atoms with van der Waals surface area (Å²) in [5, 5.41) is 9.66. The van der Waals surface area contributed by atoms with Gasteiger partial charge in [0, 0.05) is 19.6 Å². The molecule has 1 N–H and O–H groups in total. The fraction of sp³-hybridized carbons (Fsp3) is 0.538. The van der Waals surface area contributed by atoms with Crippen molar-refractivity contribution in [3.05, 3.63) is 24.3 Å². The van der Waals surface area contributed by atoms with Crippen LogP contribution in [0.3, 0.4) is 0 Å². The van der Waals surface area contributed by atoms with E-state index in [9.17, 15) is 5.11 Å². The van der Waals surface area contributed by atoms with Gasteiger partial charge < -0.3 is 14.6 Å². The molecule has 0 spiro atoms. The molecule has 0 aromatic heterocycles. The largest absolute Gasteiger partial charge is 0.486 e. The van der Waals surface area contributed by atoms with Crippen LogP contribution < -0.4 is 9.47 Å². The number of nitrogens with zero attached hydrogens (tertiary/aromatic N) is 1. The van der Waals surface area contributed by atoms with Crippen LogP contribution in [0.25, 0.3) is 0 Å². The predicted octanol–water partition coefficient (Wildman–Crippen LogP) is 0.893. The molecule has 1 fully saturated rings. The molecule has 2 heterocycles. The second-order valence-corrected chi connectivity index (χ2v) is 5.16. The van der Waals surface area contributed by atoms with E-state index in [0.29, 0.717) is 19.7 Å². The van der Waals surface area contributed by atoms with Crippen LogP contribution in [0.5, 0.6) is 11.5 Å². The van der Waals surface area contributed by atoms with Crippen LogP contribution in [0.1, 0.15) is 6.92 Å². The summed E-state index contributed by atoms with van der Waals surface area (Å²) in [6, 6.07) is 7.72. The number of hydrogen-bond donors (Lipinski definition) is 1. The highest BCUT2D eigenvalue weighted by molar-refractivity contribution is 5.40. The van der Waals surface area contributed by atoms with Gasteiger partial charge in [0.15, 0.2) is 11.5 Å². The Bertz CT molecular complexity index is 411.